The van der Waals surface area contributed by atoms with Gasteiger partial charge in [-0.1, -0.05) is 48.0 Å². The highest BCUT2D eigenvalue weighted by Crippen LogP contribution is 2.32. The van der Waals surface area contributed by atoms with Gasteiger partial charge in [-0.3, -0.25) is 4.98 Å². The summed E-state index contributed by atoms with van der Waals surface area (Å²) in [6.45, 7) is 0. The predicted molar refractivity (Wildman–Crippen MR) is 77.2 cm³/mol. The smallest absolute Gasteiger partial charge is 0.142 e. The molecule has 0 aliphatic heterocycles. The third-order valence-electron chi connectivity index (χ3n) is 3.27. The zero-order valence-electron chi connectivity index (χ0n) is 10.4. The zero-order valence-corrected chi connectivity index (χ0v) is 11.2. The van der Waals surface area contributed by atoms with Gasteiger partial charge in [-0.15, -0.1) is 0 Å². The van der Waals surface area contributed by atoms with E-state index in [9.17, 15) is 9.50 Å². The highest BCUT2D eigenvalue weighted by molar-refractivity contribution is 6.31. The minimum absolute atomic E-state index is 0.0621. The SMILES string of the molecule is OC(c1cccc(F)c1Cl)c1cncc2ccccc12. The summed E-state index contributed by atoms with van der Waals surface area (Å²) in [7, 11) is 0. The van der Waals surface area contributed by atoms with Crippen molar-refractivity contribution in [2.24, 2.45) is 0 Å². The summed E-state index contributed by atoms with van der Waals surface area (Å²) in [6, 6.07) is 12.0. The van der Waals surface area contributed by atoms with Crippen molar-refractivity contribution in [1.82, 2.24) is 4.98 Å². The molecule has 0 aliphatic carbocycles. The van der Waals surface area contributed by atoms with Crippen molar-refractivity contribution in [2.45, 2.75) is 6.10 Å². The third kappa shape index (κ3) is 2.15. The second-order valence-electron chi connectivity index (χ2n) is 4.50. The number of pyridine rings is 1. The summed E-state index contributed by atoms with van der Waals surface area (Å²) in [5, 5.41) is 12.2. The molecule has 1 heterocycles. The highest BCUT2D eigenvalue weighted by atomic mass is 35.5. The normalized spacial score (nSPS) is 12.6. The summed E-state index contributed by atoms with van der Waals surface area (Å²) < 4.78 is 13.5. The number of nitrogens with zero attached hydrogens (tertiary/aromatic N) is 1. The Morgan fingerprint density at radius 1 is 1.00 bits per heavy atom. The Kier molecular flexibility index (Phi) is 3.38. The van der Waals surface area contributed by atoms with Crippen LogP contribution in [0.25, 0.3) is 10.8 Å². The van der Waals surface area contributed by atoms with Crippen LogP contribution in [-0.4, -0.2) is 10.1 Å². The molecule has 1 N–H and O–H groups in total. The van der Waals surface area contributed by atoms with Crippen LogP contribution < -0.4 is 0 Å². The summed E-state index contributed by atoms with van der Waals surface area (Å²) in [5.41, 5.74) is 0.945. The maximum atomic E-state index is 13.5. The van der Waals surface area contributed by atoms with Crippen molar-refractivity contribution in [3.8, 4) is 0 Å². The topological polar surface area (TPSA) is 33.1 Å². The number of aliphatic hydroxyl groups is 1. The van der Waals surface area contributed by atoms with Crippen LogP contribution in [0.3, 0.4) is 0 Å². The molecule has 3 aromatic rings. The van der Waals surface area contributed by atoms with Gasteiger partial charge < -0.3 is 5.11 Å². The van der Waals surface area contributed by atoms with Crippen molar-refractivity contribution < 1.29 is 9.50 Å². The largest absolute Gasteiger partial charge is 0.384 e. The van der Waals surface area contributed by atoms with E-state index in [1.807, 2.05) is 24.3 Å². The van der Waals surface area contributed by atoms with Crippen LogP contribution in [0.15, 0.2) is 54.9 Å². The first-order valence-corrected chi connectivity index (χ1v) is 6.51. The Bertz CT molecular complexity index is 770. The Hall–Kier alpha value is -1.97. The van der Waals surface area contributed by atoms with Gasteiger partial charge in [-0.05, 0) is 11.5 Å². The molecule has 0 bridgehead atoms. The summed E-state index contributed by atoms with van der Waals surface area (Å²) >= 11 is 5.93. The quantitative estimate of drug-likeness (QED) is 0.769. The monoisotopic (exact) mass is 287 g/mol. The van der Waals surface area contributed by atoms with E-state index < -0.39 is 11.9 Å². The molecule has 2 aromatic carbocycles. The fourth-order valence-corrected chi connectivity index (χ4v) is 2.49. The van der Waals surface area contributed by atoms with E-state index >= 15 is 0 Å². The Balaban J connectivity index is 2.18. The van der Waals surface area contributed by atoms with E-state index in [0.29, 0.717) is 11.1 Å². The van der Waals surface area contributed by atoms with E-state index in [4.69, 9.17) is 11.6 Å². The van der Waals surface area contributed by atoms with Crippen LogP contribution in [0.1, 0.15) is 17.2 Å². The summed E-state index contributed by atoms with van der Waals surface area (Å²) in [5.74, 6) is -0.545. The van der Waals surface area contributed by atoms with E-state index in [0.717, 1.165) is 10.8 Å². The summed E-state index contributed by atoms with van der Waals surface area (Å²) in [4.78, 5) is 4.11. The number of benzene rings is 2. The molecule has 0 fully saturated rings. The van der Waals surface area contributed by atoms with Crippen LogP contribution in [0, 0.1) is 5.82 Å². The van der Waals surface area contributed by atoms with Gasteiger partial charge in [0.25, 0.3) is 0 Å². The number of rotatable bonds is 2. The van der Waals surface area contributed by atoms with Gasteiger partial charge in [0.2, 0.25) is 0 Å². The fourth-order valence-electron chi connectivity index (χ4n) is 2.26. The Labute approximate surface area is 120 Å². The van der Waals surface area contributed by atoms with Crippen molar-refractivity contribution in [2.75, 3.05) is 0 Å². The Morgan fingerprint density at radius 3 is 2.65 bits per heavy atom. The third-order valence-corrected chi connectivity index (χ3v) is 3.67. The first-order chi connectivity index (χ1) is 9.68. The predicted octanol–water partition coefficient (Wildman–Crippen LogP) is 4.11. The molecule has 0 saturated carbocycles. The maximum absolute atomic E-state index is 13.5. The molecule has 0 aliphatic rings. The molecule has 0 spiro atoms. The first kappa shape index (κ1) is 13.0. The lowest BCUT2D eigenvalue weighted by atomic mass is 9.98. The molecule has 1 aromatic heterocycles. The molecule has 2 nitrogen and oxygen atoms in total. The maximum Gasteiger partial charge on any atom is 0.142 e. The number of hydrogen-bond acceptors (Lipinski definition) is 2. The molecule has 1 atom stereocenters. The van der Waals surface area contributed by atoms with E-state index in [-0.39, 0.29) is 5.02 Å². The Morgan fingerprint density at radius 2 is 1.80 bits per heavy atom. The van der Waals surface area contributed by atoms with Crippen LogP contribution in [-0.2, 0) is 0 Å². The molecule has 100 valence electrons. The van der Waals surface area contributed by atoms with Crippen molar-refractivity contribution in [3.63, 3.8) is 0 Å². The van der Waals surface area contributed by atoms with Gasteiger partial charge >= 0.3 is 0 Å². The molecule has 0 saturated heterocycles. The standard InChI is InChI=1S/C16H11ClFNO/c17-15-12(6-3-7-14(15)18)16(20)13-9-19-8-10-4-1-2-5-11(10)13/h1-9,16,20H. The molecule has 0 radical (unpaired) electrons. The number of aromatic nitrogens is 1. The van der Waals surface area contributed by atoms with Gasteiger partial charge in [-0.25, -0.2) is 4.39 Å². The lowest BCUT2D eigenvalue weighted by Gasteiger charge is -2.15. The van der Waals surface area contributed by atoms with Gasteiger partial charge in [0.05, 0.1) is 5.02 Å². The molecule has 1 unspecified atom stereocenters. The number of aliphatic hydroxyl groups excluding tert-OH is 1. The van der Waals surface area contributed by atoms with Crippen molar-refractivity contribution in [3.05, 3.63) is 76.8 Å². The van der Waals surface area contributed by atoms with E-state index in [2.05, 4.69) is 4.98 Å². The average Bonchev–Trinajstić information content (AvgIpc) is 2.49. The van der Waals surface area contributed by atoms with Crippen LogP contribution in [0.2, 0.25) is 5.02 Å². The molecule has 0 amide bonds. The van der Waals surface area contributed by atoms with Gasteiger partial charge in [0, 0.05) is 28.9 Å². The number of halogens is 2. The van der Waals surface area contributed by atoms with Crippen LogP contribution in [0.4, 0.5) is 4.39 Å². The molecular weight excluding hydrogens is 277 g/mol. The van der Waals surface area contributed by atoms with E-state index in [1.54, 1.807) is 18.5 Å². The highest BCUT2D eigenvalue weighted by Gasteiger charge is 2.18. The lowest BCUT2D eigenvalue weighted by molar-refractivity contribution is 0.221. The number of hydrogen-bond donors (Lipinski definition) is 1. The lowest BCUT2D eigenvalue weighted by Crippen LogP contribution is -2.03. The van der Waals surface area contributed by atoms with Crippen molar-refractivity contribution in [1.29, 1.82) is 0 Å². The van der Waals surface area contributed by atoms with Crippen molar-refractivity contribution >= 4 is 22.4 Å². The van der Waals surface area contributed by atoms with Gasteiger partial charge in [-0.2, -0.15) is 0 Å². The van der Waals surface area contributed by atoms with Gasteiger partial charge in [0.15, 0.2) is 0 Å². The second-order valence-corrected chi connectivity index (χ2v) is 4.87. The second kappa shape index (κ2) is 5.19. The van der Waals surface area contributed by atoms with E-state index in [1.165, 1.54) is 12.1 Å². The molecule has 3 rings (SSSR count). The van der Waals surface area contributed by atoms with Crippen LogP contribution >= 0.6 is 11.6 Å². The fraction of sp³-hybridized carbons (Fsp3) is 0.0625. The van der Waals surface area contributed by atoms with Crippen LogP contribution in [0.5, 0.6) is 0 Å². The molecule has 20 heavy (non-hydrogen) atoms. The summed E-state index contributed by atoms with van der Waals surface area (Å²) in [6.07, 6.45) is 2.28. The minimum atomic E-state index is -1.02. The molecule has 4 heteroatoms. The number of fused-ring (bicyclic) bond motifs is 1. The zero-order chi connectivity index (χ0) is 14.1. The molecular formula is C16H11ClFNO. The average molecular weight is 288 g/mol. The minimum Gasteiger partial charge on any atom is -0.384 e. The first-order valence-electron chi connectivity index (χ1n) is 6.13. The van der Waals surface area contributed by atoms with Gasteiger partial charge in [0.1, 0.15) is 11.9 Å².